The molecule has 0 aliphatic carbocycles. The molecule has 0 atom stereocenters. The van der Waals surface area contributed by atoms with Crippen molar-refractivity contribution in [2.75, 3.05) is 11.9 Å². The molecule has 1 aromatic rings. The van der Waals surface area contributed by atoms with Gasteiger partial charge in [0.2, 0.25) is 0 Å². The minimum Gasteiger partial charge on any atom is -0.355 e. The molecule has 13 heavy (non-hydrogen) atoms. The summed E-state index contributed by atoms with van der Waals surface area (Å²) in [5, 5.41) is 2.33. The topological polar surface area (TPSA) is 41.1 Å². The molecule has 0 aliphatic rings. The molecule has 0 saturated carbocycles. The van der Waals surface area contributed by atoms with Gasteiger partial charge in [0.1, 0.15) is 5.82 Å². The van der Waals surface area contributed by atoms with E-state index in [1.54, 1.807) is 0 Å². The molecule has 2 N–H and O–H groups in total. The van der Waals surface area contributed by atoms with E-state index in [1.165, 1.54) is 19.2 Å². The molecule has 70 valence electrons. The maximum absolute atomic E-state index is 13.1. The van der Waals surface area contributed by atoms with Crippen LogP contribution in [0.15, 0.2) is 18.2 Å². The Bertz CT molecular complexity index is 330. The highest BCUT2D eigenvalue weighted by molar-refractivity contribution is 6.24. The van der Waals surface area contributed by atoms with Crippen molar-refractivity contribution in [3.63, 3.8) is 0 Å². The molecule has 1 aromatic carbocycles. The van der Waals surface area contributed by atoms with Gasteiger partial charge in [0.15, 0.2) is 0 Å². The molecule has 0 aromatic heterocycles. The molecule has 0 spiro atoms. The Morgan fingerprint density at radius 1 is 1.54 bits per heavy atom. The lowest BCUT2D eigenvalue weighted by molar-refractivity contribution is 0.0959. The van der Waals surface area contributed by atoms with E-state index in [0.29, 0.717) is 5.69 Å². The predicted octanol–water partition coefficient (Wildman–Crippen LogP) is 1.75. The molecule has 1 amide bonds. The van der Waals surface area contributed by atoms with Crippen LogP contribution in [0.1, 0.15) is 10.4 Å². The number of hydrogen-bond donors (Lipinski definition) is 2. The van der Waals surface area contributed by atoms with Crippen LogP contribution in [-0.4, -0.2) is 13.0 Å². The van der Waals surface area contributed by atoms with Gasteiger partial charge in [-0.05, 0) is 18.2 Å². The fourth-order valence-electron chi connectivity index (χ4n) is 0.893. The number of halogens is 2. The van der Waals surface area contributed by atoms with Crippen molar-refractivity contribution in [1.29, 1.82) is 0 Å². The first-order valence-corrected chi connectivity index (χ1v) is 3.95. The van der Waals surface area contributed by atoms with Crippen LogP contribution in [0.2, 0.25) is 0 Å². The van der Waals surface area contributed by atoms with Crippen LogP contribution in [0.3, 0.4) is 0 Å². The lowest BCUT2D eigenvalue weighted by atomic mass is 10.2. The van der Waals surface area contributed by atoms with Gasteiger partial charge in [-0.2, -0.15) is 0 Å². The first kappa shape index (κ1) is 9.80. The van der Waals surface area contributed by atoms with Crippen LogP contribution < -0.4 is 10.2 Å². The third-order valence-corrected chi connectivity index (χ3v) is 1.77. The highest BCUT2D eigenvalue weighted by Gasteiger charge is 2.09. The van der Waals surface area contributed by atoms with E-state index in [4.69, 9.17) is 11.8 Å². The lowest BCUT2D eigenvalue weighted by Gasteiger charge is -2.03. The van der Waals surface area contributed by atoms with Crippen molar-refractivity contribution in [1.82, 2.24) is 5.32 Å². The Labute approximate surface area is 80.0 Å². The molecule has 0 heterocycles. The molecule has 0 fully saturated rings. The average molecular weight is 203 g/mol. The van der Waals surface area contributed by atoms with Crippen molar-refractivity contribution in [2.45, 2.75) is 0 Å². The summed E-state index contributed by atoms with van der Waals surface area (Å²) in [6, 6.07) is 4.02. The Balaban J connectivity index is 3.05. The number of rotatable bonds is 2. The van der Waals surface area contributed by atoms with Crippen molar-refractivity contribution < 1.29 is 9.18 Å². The number of carbonyl (C=O) groups is 1. The van der Waals surface area contributed by atoms with Crippen LogP contribution in [0.25, 0.3) is 0 Å². The standard InChI is InChI=1S/C8H8ClFN2O/c1-11-8(13)6-3-2-5(12-9)4-7(6)10/h2-4,12H,1H3,(H,11,13). The number of nitrogens with one attached hydrogen (secondary N) is 2. The number of amides is 1. The number of hydrogen-bond acceptors (Lipinski definition) is 2. The number of anilines is 1. The Hall–Kier alpha value is -1.29. The summed E-state index contributed by atoms with van der Waals surface area (Å²) in [7, 11) is 1.44. The zero-order chi connectivity index (χ0) is 9.84. The summed E-state index contributed by atoms with van der Waals surface area (Å²) < 4.78 is 13.1. The average Bonchev–Trinajstić information content (AvgIpc) is 2.16. The molecular formula is C8H8ClFN2O. The van der Waals surface area contributed by atoms with E-state index in [9.17, 15) is 9.18 Å². The summed E-state index contributed by atoms with van der Waals surface area (Å²) in [5.41, 5.74) is 0.407. The van der Waals surface area contributed by atoms with Crippen LogP contribution in [0, 0.1) is 5.82 Å². The summed E-state index contributed by atoms with van der Waals surface area (Å²) in [5.74, 6) is -1.07. The van der Waals surface area contributed by atoms with E-state index in [1.807, 2.05) is 0 Å². The zero-order valence-electron chi connectivity index (χ0n) is 6.90. The quantitative estimate of drug-likeness (QED) is 0.718. The monoisotopic (exact) mass is 202 g/mol. The van der Waals surface area contributed by atoms with Gasteiger partial charge >= 0.3 is 0 Å². The van der Waals surface area contributed by atoms with E-state index >= 15 is 0 Å². The molecule has 1 rings (SSSR count). The second kappa shape index (κ2) is 4.09. The largest absolute Gasteiger partial charge is 0.355 e. The van der Waals surface area contributed by atoms with E-state index in [0.717, 1.165) is 6.07 Å². The van der Waals surface area contributed by atoms with Crippen LogP contribution in [0.4, 0.5) is 10.1 Å². The summed E-state index contributed by atoms with van der Waals surface area (Å²) in [6.07, 6.45) is 0. The van der Waals surface area contributed by atoms with Crippen LogP contribution >= 0.6 is 11.8 Å². The van der Waals surface area contributed by atoms with E-state index in [2.05, 4.69) is 10.2 Å². The van der Waals surface area contributed by atoms with Gasteiger partial charge < -0.3 is 5.32 Å². The van der Waals surface area contributed by atoms with Crippen molar-refractivity contribution in [2.24, 2.45) is 0 Å². The second-order valence-electron chi connectivity index (χ2n) is 2.37. The second-order valence-corrected chi connectivity index (χ2v) is 2.56. The van der Waals surface area contributed by atoms with Crippen LogP contribution in [-0.2, 0) is 0 Å². The van der Waals surface area contributed by atoms with Gasteiger partial charge in [-0.15, -0.1) is 0 Å². The third kappa shape index (κ3) is 2.09. The summed E-state index contributed by atoms with van der Waals surface area (Å²) in [4.78, 5) is 13.3. The molecule has 0 radical (unpaired) electrons. The molecule has 0 saturated heterocycles. The van der Waals surface area contributed by atoms with Gasteiger partial charge in [-0.3, -0.25) is 9.63 Å². The zero-order valence-corrected chi connectivity index (χ0v) is 7.65. The van der Waals surface area contributed by atoms with E-state index < -0.39 is 11.7 Å². The maximum atomic E-state index is 13.1. The van der Waals surface area contributed by atoms with Gasteiger partial charge in [0.05, 0.1) is 11.3 Å². The van der Waals surface area contributed by atoms with E-state index in [-0.39, 0.29) is 5.56 Å². The molecular weight excluding hydrogens is 195 g/mol. The molecule has 0 bridgehead atoms. The first-order chi connectivity index (χ1) is 6.19. The van der Waals surface area contributed by atoms with Gasteiger partial charge in [-0.25, -0.2) is 4.39 Å². The Morgan fingerprint density at radius 3 is 2.69 bits per heavy atom. The van der Waals surface area contributed by atoms with Crippen molar-refractivity contribution in [3.8, 4) is 0 Å². The summed E-state index contributed by atoms with van der Waals surface area (Å²) >= 11 is 5.25. The minimum atomic E-state index is -0.606. The Morgan fingerprint density at radius 2 is 2.23 bits per heavy atom. The SMILES string of the molecule is CNC(=O)c1ccc(NCl)cc1F. The predicted molar refractivity (Wildman–Crippen MR) is 49.3 cm³/mol. The molecule has 3 nitrogen and oxygen atoms in total. The Kier molecular flexibility index (Phi) is 3.08. The van der Waals surface area contributed by atoms with Crippen molar-refractivity contribution >= 4 is 23.4 Å². The smallest absolute Gasteiger partial charge is 0.253 e. The molecule has 5 heteroatoms. The van der Waals surface area contributed by atoms with Crippen molar-refractivity contribution in [3.05, 3.63) is 29.6 Å². The lowest BCUT2D eigenvalue weighted by Crippen LogP contribution is -2.19. The first-order valence-electron chi connectivity index (χ1n) is 3.57. The normalized spacial score (nSPS) is 9.46. The molecule has 0 unspecified atom stereocenters. The maximum Gasteiger partial charge on any atom is 0.253 e. The van der Waals surface area contributed by atoms with Gasteiger partial charge in [-0.1, -0.05) is 0 Å². The highest BCUT2D eigenvalue weighted by atomic mass is 35.5. The number of benzene rings is 1. The third-order valence-electron chi connectivity index (χ3n) is 1.55. The fraction of sp³-hybridized carbons (Fsp3) is 0.125. The molecule has 0 aliphatic heterocycles. The van der Waals surface area contributed by atoms with Crippen LogP contribution in [0.5, 0.6) is 0 Å². The highest BCUT2D eigenvalue weighted by Crippen LogP contribution is 2.14. The fourth-order valence-corrected chi connectivity index (χ4v) is 1.01. The number of carbonyl (C=O) groups excluding carboxylic acids is 1. The van der Waals surface area contributed by atoms with Gasteiger partial charge in [0, 0.05) is 18.8 Å². The summed E-state index contributed by atoms with van der Waals surface area (Å²) in [6.45, 7) is 0. The minimum absolute atomic E-state index is 0.00170. The van der Waals surface area contributed by atoms with Gasteiger partial charge in [0.25, 0.3) is 5.91 Å².